The van der Waals surface area contributed by atoms with E-state index < -0.39 is 11.0 Å². The number of carbonyl (C=O) groups is 1. The first kappa shape index (κ1) is 17.4. The summed E-state index contributed by atoms with van der Waals surface area (Å²) in [6.45, 7) is 2.29. The molecule has 2 unspecified atom stereocenters. The summed E-state index contributed by atoms with van der Waals surface area (Å²) in [5.74, 6) is 0.840. The Hall–Kier alpha value is -1.72. The van der Waals surface area contributed by atoms with Crippen LogP contribution in [-0.4, -0.2) is 21.7 Å². The molecule has 1 heterocycles. The molecule has 0 saturated heterocycles. The zero-order valence-corrected chi connectivity index (χ0v) is 16.4. The zero-order chi connectivity index (χ0) is 18.6. The van der Waals surface area contributed by atoms with Crippen LogP contribution in [-0.2, 0) is 16.1 Å². The molecule has 4 aliphatic rings. The molecule has 4 fully saturated rings. The van der Waals surface area contributed by atoms with Crippen molar-refractivity contribution in [2.45, 2.75) is 57.7 Å². The van der Waals surface area contributed by atoms with Crippen molar-refractivity contribution in [1.29, 1.82) is 0 Å². The maximum absolute atomic E-state index is 13.0. The van der Waals surface area contributed by atoms with E-state index in [1.807, 2.05) is 5.38 Å². The number of ether oxygens (including phenoxy) is 1. The summed E-state index contributed by atoms with van der Waals surface area (Å²) in [7, 11) is 0. The van der Waals surface area contributed by atoms with Gasteiger partial charge in [-0.15, -0.1) is 11.3 Å². The van der Waals surface area contributed by atoms with Gasteiger partial charge in [0, 0.05) is 10.9 Å². The highest BCUT2D eigenvalue weighted by molar-refractivity contribution is 7.13. The summed E-state index contributed by atoms with van der Waals surface area (Å²) >= 11 is 1.58. The molecule has 1 N–H and O–H groups in total. The molecule has 1 aromatic heterocycles. The first-order valence-corrected chi connectivity index (χ1v) is 10.7. The van der Waals surface area contributed by atoms with Crippen molar-refractivity contribution in [1.82, 2.24) is 4.98 Å². The molecule has 0 radical (unpaired) electrons. The van der Waals surface area contributed by atoms with Crippen LogP contribution in [0.2, 0.25) is 0 Å². The van der Waals surface area contributed by atoms with Gasteiger partial charge in [-0.3, -0.25) is 4.79 Å². The van der Waals surface area contributed by atoms with Gasteiger partial charge in [0.1, 0.15) is 11.6 Å². The number of aliphatic hydroxyl groups is 1. The van der Waals surface area contributed by atoms with Crippen LogP contribution in [0.25, 0.3) is 10.6 Å². The van der Waals surface area contributed by atoms with E-state index in [4.69, 9.17) is 4.74 Å². The Labute approximate surface area is 163 Å². The zero-order valence-electron chi connectivity index (χ0n) is 15.6. The maximum Gasteiger partial charge on any atom is 0.312 e. The number of esters is 1. The lowest BCUT2D eigenvalue weighted by Crippen LogP contribution is -2.58. The normalized spacial score (nSPS) is 34.0. The second-order valence-electron chi connectivity index (χ2n) is 9.05. The standard InChI is InChI=1S/C22H25NO3S/c1-14-2-4-17(5-3-14)19-23-18(12-27-19)11-26-20(24)21-7-15-6-16(8-21)10-22(25,9-15)13-21/h2-5,12,15-16,25H,6-11,13H2,1H3/t15-,16+,21?,22?. The largest absolute Gasteiger partial charge is 0.459 e. The molecule has 0 amide bonds. The number of hydrogen-bond donors (Lipinski definition) is 1. The van der Waals surface area contributed by atoms with E-state index in [9.17, 15) is 9.90 Å². The van der Waals surface area contributed by atoms with Crippen molar-refractivity contribution >= 4 is 17.3 Å². The summed E-state index contributed by atoms with van der Waals surface area (Å²) in [6.07, 6.45) is 5.25. The third kappa shape index (κ3) is 3.11. The van der Waals surface area contributed by atoms with E-state index in [0.29, 0.717) is 18.3 Å². The summed E-state index contributed by atoms with van der Waals surface area (Å²) in [4.78, 5) is 17.6. The lowest BCUT2D eigenvalue weighted by Gasteiger charge is -2.58. The molecule has 27 heavy (non-hydrogen) atoms. The SMILES string of the molecule is Cc1ccc(-c2nc(COC(=O)C34C[C@@H]5C[C@@H](CC(O)(C5)C3)C4)cs2)cc1. The summed E-state index contributed by atoms with van der Waals surface area (Å²) < 4.78 is 5.72. The summed E-state index contributed by atoms with van der Waals surface area (Å²) in [5.41, 5.74) is 2.01. The molecular weight excluding hydrogens is 358 g/mol. The minimum atomic E-state index is -0.637. The second-order valence-corrected chi connectivity index (χ2v) is 9.91. The minimum absolute atomic E-state index is 0.125. The van der Waals surface area contributed by atoms with Crippen LogP contribution < -0.4 is 0 Å². The van der Waals surface area contributed by atoms with Crippen molar-refractivity contribution in [3.8, 4) is 10.6 Å². The predicted molar refractivity (Wildman–Crippen MR) is 104 cm³/mol. The van der Waals surface area contributed by atoms with E-state index in [0.717, 1.165) is 41.9 Å². The van der Waals surface area contributed by atoms with Gasteiger partial charge in [-0.1, -0.05) is 29.8 Å². The number of nitrogens with zero attached hydrogens (tertiary/aromatic N) is 1. The van der Waals surface area contributed by atoms with Gasteiger partial charge in [0.25, 0.3) is 0 Å². The fourth-order valence-electron chi connectivity index (χ4n) is 5.95. The van der Waals surface area contributed by atoms with Gasteiger partial charge < -0.3 is 9.84 Å². The molecule has 1 aromatic carbocycles. The molecule has 4 bridgehead atoms. The molecule has 4 saturated carbocycles. The van der Waals surface area contributed by atoms with Gasteiger partial charge in [0.15, 0.2) is 0 Å². The fraction of sp³-hybridized carbons (Fsp3) is 0.545. The van der Waals surface area contributed by atoms with Gasteiger partial charge in [0.05, 0.1) is 16.7 Å². The Morgan fingerprint density at radius 1 is 1.22 bits per heavy atom. The van der Waals surface area contributed by atoms with E-state index >= 15 is 0 Å². The highest BCUT2D eigenvalue weighted by Gasteiger charge is 2.60. The number of hydrogen-bond acceptors (Lipinski definition) is 5. The minimum Gasteiger partial charge on any atom is -0.459 e. The fourth-order valence-corrected chi connectivity index (χ4v) is 6.76. The topological polar surface area (TPSA) is 59.4 Å². The van der Waals surface area contributed by atoms with Gasteiger partial charge in [-0.25, -0.2) is 4.98 Å². The molecular formula is C22H25NO3S. The summed E-state index contributed by atoms with van der Waals surface area (Å²) in [6, 6.07) is 8.29. The number of aryl methyl sites for hydroxylation is 1. The molecule has 5 heteroatoms. The van der Waals surface area contributed by atoms with Crippen molar-refractivity contribution in [2.24, 2.45) is 17.3 Å². The van der Waals surface area contributed by atoms with E-state index in [-0.39, 0.29) is 12.6 Å². The Morgan fingerprint density at radius 3 is 2.59 bits per heavy atom. The third-order valence-electron chi connectivity index (χ3n) is 6.66. The predicted octanol–water partition coefficient (Wildman–Crippen LogP) is 4.49. The van der Waals surface area contributed by atoms with Crippen LogP contribution in [0.3, 0.4) is 0 Å². The maximum atomic E-state index is 13.0. The summed E-state index contributed by atoms with van der Waals surface area (Å²) in [5, 5.41) is 13.7. The smallest absolute Gasteiger partial charge is 0.312 e. The van der Waals surface area contributed by atoms with Gasteiger partial charge in [0.2, 0.25) is 0 Å². The van der Waals surface area contributed by atoms with Crippen LogP contribution >= 0.6 is 11.3 Å². The highest BCUT2D eigenvalue weighted by atomic mass is 32.1. The average molecular weight is 384 g/mol. The molecule has 2 aromatic rings. The first-order valence-electron chi connectivity index (χ1n) is 9.84. The molecule has 0 aliphatic heterocycles. The average Bonchev–Trinajstić information content (AvgIpc) is 3.07. The van der Waals surface area contributed by atoms with E-state index in [1.54, 1.807) is 11.3 Å². The number of aromatic nitrogens is 1. The quantitative estimate of drug-likeness (QED) is 0.790. The van der Waals surface area contributed by atoms with E-state index in [2.05, 4.69) is 36.2 Å². The Bertz CT molecular complexity index is 858. The monoisotopic (exact) mass is 383 g/mol. The van der Waals surface area contributed by atoms with Crippen LogP contribution in [0.1, 0.15) is 49.8 Å². The lowest BCUT2D eigenvalue weighted by atomic mass is 9.48. The van der Waals surface area contributed by atoms with E-state index in [1.165, 1.54) is 12.0 Å². The Balaban J connectivity index is 1.27. The van der Waals surface area contributed by atoms with Crippen LogP contribution in [0.5, 0.6) is 0 Å². The van der Waals surface area contributed by atoms with Gasteiger partial charge in [-0.05, 0) is 57.3 Å². The number of benzene rings is 1. The van der Waals surface area contributed by atoms with Crippen molar-refractivity contribution in [2.75, 3.05) is 0 Å². The number of thiazole rings is 1. The van der Waals surface area contributed by atoms with Crippen LogP contribution in [0.15, 0.2) is 29.6 Å². The lowest BCUT2D eigenvalue weighted by molar-refractivity contribution is -0.197. The molecule has 0 spiro atoms. The highest BCUT2D eigenvalue weighted by Crippen LogP contribution is 2.62. The van der Waals surface area contributed by atoms with Crippen molar-refractivity contribution in [3.63, 3.8) is 0 Å². The van der Waals surface area contributed by atoms with Gasteiger partial charge >= 0.3 is 5.97 Å². The Morgan fingerprint density at radius 2 is 1.93 bits per heavy atom. The van der Waals surface area contributed by atoms with Crippen LogP contribution in [0, 0.1) is 24.2 Å². The molecule has 6 rings (SSSR count). The third-order valence-corrected chi connectivity index (χ3v) is 7.60. The Kier molecular flexibility index (Phi) is 3.96. The molecule has 4 atom stereocenters. The molecule has 4 aliphatic carbocycles. The van der Waals surface area contributed by atoms with Crippen molar-refractivity contribution < 1.29 is 14.6 Å². The van der Waals surface area contributed by atoms with Crippen molar-refractivity contribution in [3.05, 3.63) is 40.9 Å². The molecule has 4 nitrogen and oxygen atoms in total. The first-order chi connectivity index (χ1) is 12.9. The van der Waals surface area contributed by atoms with Crippen LogP contribution in [0.4, 0.5) is 0 Å². The molecule has 142 valence electrons. The van der Waals surface area contributed by atoms with Gasteiger partial charge in [-0.2, -0.15) is 0 Å². The number of rotatable bonds is 4. The second kappa shape index (κ2) is 6.14. The number of carbonyl (C=O) groups excluding carboxylic acids is 1.